The van der Waals surface area contributed by atoms with E-state index in [1.807, 2.05) is 19.1 Å². The maximum Gasteiger partial charge on any atom is 0.163 e. The van der Waals surface area contributed by atoms with Crippen LogP contribution in [0.4, 0.5) is 0 Å². The molecule has 0 bridgehead atoms. The average Bonchev–Trinajstić information content (AvgIpc) is 2.83. The first kappa shape index (κ1) is 8.38. The van der Waals surface area contributed by atoms with E-state index in [-0.39, 0.29) is 18.0 Å². The largest absolute Gasteiger partial charge is 0.504 e. The number of benzene rings is 1. The van der Waals surface area contributed by atoms with Crippen molar-refractivity contribution < 1.29 is 14.6 Å². The first-order valence-corrected chi connectivity index (χ1v) is 4.25. The Morgan fingerprint density at radius 2 is 2.15 bits per heavy atom. The highest BCUT2D eigenvalue weighted by Gasteiger charge is 2.38. The van der Waals surface area contributed by atoms with Crippen LogP contribution >= 0.6 is 0 Å². The molecular weight excluding hydrogens is 168 g/mol. The molecule has 70 valence electrons. The lowest BCUT2D eigenvalue weighted by molar-refractivity contribution is 0.355. The van der Waals surface area contributed by atoms with E-state index < -0.39 is 0 Å². The summed E-state index contributed by atoms with van der Waals surface area (Å²) in [6.45, 7) is 1.98. The van der Waals surface area contributed by atoms with Crippen molar-refractivity contribution in [2.24, 2.45) is 0 Å². The first-order valence-electron chi connectivity index (χ1n) is 4.25. The molecule has 0 aliphatic carbocycles. The van der Waals surface area contributed by atoms with Crippen LogP contribution in [0, 0.1) is 0 Å². The second-order valence-corrected chi connectivity index (χ2v) is 3.16. The summed E-state index contributed by atoms with van der Waals surface area (Å²) in [6, 6.07) is 5.43. The van der Waals surface area contributed by atoms with E-state index >= 15 is 0 Å². The average molecular weight is 180 g/mol. The monoisotopic (exact) mass is 180 g/mol. The Bertz CT molecular complexity index is 322. The smallest absolute Gasteiger partial charge is 0.163 e. The van der Waals surface area contributed by atoms with Crippen molar-refractivity contribution in [1.82, 2.24) is 0 Å². The van der Waals surface area contributed by atoms with E-state index in [0.717, 1.165) is 5.56 Å². The summed E-state index contributed by atoms with van der Waals surface area (Å²) in [5.74, 6) is 0.694. The SMILES string of the molecule is COc1cccc(C2OC2C)c1O. The predicted octanol–water partition coefficient (Wildman–Crippen LogP) is 1.86. The van der Waals surface area contributed by atoms with Crippen molar-refractivity contribution in [3.63, 3.8) is 0 Å². The van der Waals surface area contributed by atoms with Gasteiger partial charge in [-0.05, 0) is 13.0 Å². The number of hydrogen-bond donors (Lipinski definition) is 1. The summed E-state index contributed by atoms with van der Waals surface area (Å²) in [5, 5.41) is 9.71. The van der Waals surface area contributed by atoms with Crippen molar-refractivity contribution >= 4 is 0 Å². The van der Waals surface area contributed by atoms with Gasteiger partial charge < -0.3 is 14.6 Å². The topological polar surface area (TPSA) is 42.0 Å². The Morgan fingerprint density at radius 1 is 1.46 bits per heavy atom. The van der Waals surface area contributed by atoms with Crippen molar-refractivity contribution in [2.45, 2.75) is 19.1 Å². The summed E-state index contributed by atoms with van der Waals surface area (Å²) >= 11 is 0. The molecule has 1 N–H and O–H groups in total. The van der Waals surface area contributed by atoms with Crippen LogP contribution in [0.2, 0.25) is 0 Å². The predicted molar refractivity (Wildman–Crippen MR) is 47.9 cm³/mol. The first-order chi connectivity index (χ1) is 6.24. The van der Waals surface area contributed by atoms with Crippen molar-refractivity contribution in [3.8, 4) is 11.5 Å². The molecule has 2 atom stereocenters. The number of para-hydroxylation sites is 1. The molecule has 3 heteroatoms. The van der Waals surface area contributed by atoms with Gasteiger partial charge >= 0.3 is 0 Å². The van der Waals surface area contributed by atoms with Gasteiger partial charge in [0.2, 0.25) is 0 Å². The number of phenolic OH excluding ortho intramolecular Hbond substituents is 1. The maximum absolute atomic E-state index is 9.71. The van der Waals surface area contributed by atoms with Gasteiger partial charge in [0, 0.05) is 5.56 Å². The van der Waals surface area contributed by atoms with E-state index in [1.54, 1.807) is 6.07 Å². The Kier molecular flexibility index (Phi) is 1.88. The lowest BCUT2D eigenvalue weighted by Gasteiger charge is -2.05. The van der Waals surface area contributed by atoms with Crippen LogP contribution in [0.5, 0.6) is 11.5 Å². The van der Waals surface area contributed by atoms with Gasteiger partial charge in [0.15, 0.2) is 11.5 Å². The minimum absolute atomic E-state index is 0.0371. The summed E-state index contributed by atoms with van der Waals surface area (Å²) < 4.78 is 10.3. The quantitative estimate of drug-likeness (QED) is 0.706. The Labute approximate surface area is 76.9 Å². The second kappa shape index (κ2) is 2.92. The molecule has 0 aromatic heterocycles. The van der Waals surface area contributed by atoms with E-state index in [4.69, 9.17) is 9.47 Å². The molecule has 0 amide bonds. The molecule has 2 rings (SSSR count). The zero-order chi connectivity index (χ0) is 9.42. The van der Waals surface area contributed by atoms with Gasteiger partial charge in [0.05, 0.1) is 13.2 Å². The standard InChI is InChI=1S/C10H12O3/c1-6-10(13-6)7-4-3-5-8(12-2)9(7)11/h3-6,10-11H,1-2H3. The van der Waals surface area contributed by atoms with Crippen LogP contribution < -0.4 is 4.74 Å². The number of epoxide rings is 1. The fourth-order valence-electron chi connectivity index (χ4n) is 1.45. The summed E-state index contributed by atoms with van der Waals surface area (Å²) in [5.41, 5.74) is 0.812. The zero-order valence-electron chi connectivity index (χ0n) is 7.65. The number of aromatic hydroxyl groups is 1. The van der Waals surface area contributed by atoms with Crippen molar-refractivity contribution in [2.75, 3.05) is 7.11 Å². The molecule has 0 saturated carbocycles. The number of ether oxygens (including phenoxy) is 2. The van der Waals surface area contributed by atoms with Gasteiger partial charge in [-0.15, -0.1) is 0 Å². The van der Waals surface area contributed by atoms with Gasteiger partial charge in [-0.2, -0.15) is 0 Å². The van der Waals surface area contributed by atoms with Gasteiger partial charge in [0.25, 0.3) is 0 Å². The Morgan fingerprint density at radius 3 is 2.69 bits per heavy atom. The molecule has 1 saturated heterocycles. The summed E-state index contributed by atoms with van der Waals surface area (Å²) in [4.78, 5) is 0. The minimum Gasteiger partial charge on any atom is -0.504 e. The minimum atomic E-state index is 0.0371. The normalized spacial score (nSPS) is 25.7. The van der Waals surface area contributed by atoms with Crippen LogP contribution in [0.15, 0.2) is 18.2 Å². The molecular formula is C10H12O3. The molecule has 1 aromatic carbocycles. The highest BCUT2D eigenvalue weighted by Crippen LogP contribution is 2.45. The van der Waals surface area contributed by atoms with Crippen LogP contribution in [0.3, 0.4) is 0 Å². The molecule has 13 heavy (non-hydrogen) atoms. The van der Waals surface area contributed by atoms with Gasteiger partial charge in [0.1, 0.15) is 6.10 Å². The van der Waals surface area contributed by atoms with Gasteiger partial charge in [-0.3, -0.25) is 0 Å². The number of phenols is 1. The van der Waals surface area contributed by atoms with Crippen LogP contribution in [0.1, 0.15) is 18.6 Å². The lowest BCUT2D eigenvalue weighted by Crippen LogP contribution is -1.89. The molecule has 1 aliphatic heterocycles. The highest BCUT2D eigenvalue weighted by atomic mass is 16.6. The van der Waals surface area contributed by atoms with E-state index in [0.29, 0.717) is 5.75 Å². The van der Waals surface area contributed by atoms with E-state index in [1.165, 1.54) is 7.11 Å². The molecule has 1 fully saturated rings. The third kappa shape index (κ3) is 1.35. The number of hydrogen-bond acceptors (Lipinski definition) is 3. The van der Waals surface area contributed by atoms with Crippen LogP contribution in [0.25, 0.3) is 0 Å². The van der Waals surface area contributed by atoms with Crippen LogP contribution in [-0.2, 0) is 4.74 Å². The van der Waals surface area contributed by atoms with Gasteiger partial charge in [-0.25, -0.2) is 0 Å². The fraction of sp³-hybridized carbons (Fsp3) is 0.400. The molecule has 0 spiro atoms. The Hall–Kier alpha value is -1.22. The summed E-state index contributed by atoms with van der Waals surface area (Å²) in [7, 11) is 1.54. The molecule has 1 aromatic rings. The highest BCUT2D eigenvalue weighted by molar-refractivity contribution is 5.47. The van der Waals surface area contributed by atoms with Crippen molar-refractivity contribution in [3.05, 3.63) is 23.8 Å². The zero-order valence-corrected chi connectivity index (χ0v) is 7.65. The van der Waals surface area contributed by atoms with Crippen LogP contribution in [-0.4, -0.2) is 18.3 Å². The molecule has 2 unspecified atom stereocenters. The third-order valence-electron chi connectivity index (χ3n) is 2.27. The van der Waals surface area contributed by atoms with E-state index in [2.05, 4.69) is 0 Å². The number of rotatable bonds is 2. The van der Waals surface area contributed by atoms with Crippen molar-refractivity contribution in [1.29, 1.82) is 0 Å². The van der Waals surface area contributed by atoms with Gasteiger partial charge in [-0.1, -0.05) is 12.1 Å². The molecule has 3 nitrogen and oxygen atoms in total. The maximum atomic E-state index is 9.71. The fourth-order valence-corrected chi connectivity index (χ4v) is 1.45. The lowest BCUT2D eigenvalue weighted by atomic mass is 10.1. The second-order valence-electron chi connectivity index (χ2n) is 3.16. The summed E-state index contributed by atoms with van der Waals surface area (Å²) in [6.07, 6.45) is 0.244. The molecule has 1 aliphatic rings. The Balaban J connectivity index is 2.35. The van der Waals surface area contributed by atoms with E-state index in [9.17, 15) is 5.11 Å². The molecule has 0 radical (unpaired) electrons. The third-order valence-corrected chi connectivity index (χ3v) is 2.27. The number of methoxy groups -OCH3 is 1. The molecule has 1 heterocycles.